The van der Waals surface area contributed by atoms with Crippen molar-refractivity contribution in [1.82, 2.24) is 5.32 Å². The van der Waals surface area contributed by atoms with E-state index in [9.17, 15) is 19.0 Å². The highest BCUT2D eigenvalue weighted by atomic mass is 31.2. The molecular formula is C70H136N2O7P+. The van der Waals surface area contributed by atoms with Crippen LogP contribution in [0.4, 0.5) is 0 Å². The van der Waals surface area contributed by atoms with Gasteiger partial charge in [-0.3, -0.25) is 18.6 Å². The molecule has 0 aliphatic rings. The van der Waals surface area contributed by atoms with Crippen molar-refractivity contribution in [3.05, 3.63) is 36.5 Å². The van der Waals surface area contributed by atoms with E-state index in [1.165, 1.54) is 244 Å². The smallest absolute Gasteiger partial charge is 0.456 e. The van der Waals surface area contributed by atoms with Crippen LogP contribution in [0.25, 0.3) is 0 Å². The molecule has 3 unspecified atom stereocenters. The van der Waals surface area contributed by atoms with Gasteiger partial charge in [-0.2, -0.15) is 0 Å². The minimum Gasteiger partial charge on any atom is -0.456 e. The SMILES string of the molecule is CCCCCCCC/C=C/CCCCCCCCCCCCCCCCCCCC(=O)NC(COP(=O)(O)OCC[N+](C)(C)C)C(/C=C\CCCCCCCCCCCCC)OC(=O)CCCCC/C=C\CCCCCCCCC. The molecule has 472 valence electrons. The molecule has 80 heavy (non-hydrogen) atoms. The summed E-state index contributed by atoms with van der Waals surface area (Å²) in [5.41, 5.74) is 0. The van der Waals surface area contributed by atoms with Gasteiger partial charge in [-0.1, -0.05) is 289 Å². The zero-order valence-corrected chi connectivity index (χ0v) is 55.0. The molecule has 3 atom stereocenters. The Hall–Kier alpha value is -1.77. The third kappa shape index (κ3) is 60.8. The third-order valence-electron chi connectivity index (χ3n) is 15.8. The van der Waals surface area contributed by atoms with Gasteiger partial charge in [-0.15, -0.1) is 0 Å². The number of unbranched alkanes of at least 4 members (excludes halogenated alkanes) is 44. The minimum absolute atomic E-state index is 0.0406. The second-order valence-electron chi connectivity index (χ2n) is 25.0. The Kier molecular flexibility index (Phi) is 59.0. The number of phosphoric acid groups is 1. The standard InChI is InChI=1S/C70H135N2O7P/c1-7-10-13-16-19-22-25-28-30-31-32-33-34-35-36-37-38-39-40-41-42-44-47-50-53-56-59-62-69(73)71-67(66-78-80(75,76)77-65-64-72(4,5)6)68(61-58-55-52-49-46-43-27-24-21-18-15-12-9-3)79-70(74)63-60-57-54-51-48-45-29-26-23-20-17-14-11-8-2/h28,30,45,48,58,61,67-68H,7-27,29,31-44,46-47,49-57,59-60,62-66H2,1-6H3,(H-,71,73,75,76)/p+1/b30-28+,48-45-,61-58-. The van der Waals surface area contributed by atoms with Crippen LogP contribution in [-0.2, 0) is 27.9 Å². The second-order valence-corrected chi connectivity index (χ2v) is 26.5. The second kappa shape index (κ2) is 60.4. The van der Waals surface area contributed by atoms with Crippen LogP contribution >= 0.6 is 7.82 Å². The van der Waals surface area contributed by atoms with E-state index in [-0.39, 0.29) is 31.5 Å². The molecule has 10 heteroatoms. The van der Waals surface area contributed by atoms with Crippen LogP contribution in [0.15, 0.2) is 36.5 Å². The lowest BCUT2D eigenvalue weighted by Crippen LogP contribution is -2.47. The van der Waals surface area contributed by atoms with Crippen LogP contribution in [0.3, 0.4) is 0 Å². The van der Waals surface area contributed by atoms with Crippen LogP contribution in [0, 0.1) is 0 Å². The average molecular weight is 1150 g/mol. The predicted molar refractivity (Wildman–Crippen MR) is 346 cm³/mol. The molecule has 0 aromatic rings. The van der Waals surface area contributed by atoms with Crippen LogP contribution in [0.1, 0.15) is 348 Å². The van der Waals surface area contributed by atoms with Gasteiger partial charge in [0.2, 0.25) is 5.91 Å². The number of hydrogen-bond acceptors (Lipinski definition) is 6. The summed E-state index contributed by atoms with van der Waals surface area (Å²) in [6.07, 6.45) is 74.5. The van der Waals surface area contributed by atoms with Gasteiger partial charge in [0.25, 0.3) is 0 Å². The summed E-state index contributed by atoms with van der Waals surface area (Å²) in [5.74, 6) is -0.507. The van der Waals surface area contributed by atoms with Gasteiger partial charge in [0.1, 0.15) is 19.3 Å². The first kappa shape index (κ1) is 78.2. The number of carbonyl (C=O) groups excluding carboxylic acids is 2. The lowest BCUT2D eigenvalue weighted by molar-refractivity contribution is -0.870. The highest BCUT2D eigenvalue weighted by Gasteiger charge is 2.30. The van der Waals surface area contributed by atoms with Crippen molar-refractivity contribution in [3.63, 3.8) is 0 Å². The Morgan fingerprint density at radius 1 is 0.425 bits per heavy atom. The molecule has 0 aliphatic heterocycles. The van der Waals surface area contributed by atoms with Crippen molar-refractivity contribution in [2.45, 2.75) is 360 Å². The van der Waals surface area contributed by atoms with Crippen LogP contribution in [0.2, 0.25) is 0 Å². The number of phosphoric ester groups is 1. The Morgan fingerprint density at radius 3 is 1.07 bits per heavy atom. The van der Waals surface area contributed by atoms with E-state index in [0.717, 1.165) is 70.6 Å². The Labute approximate surface area is 497 Å². The van der Waals surface area contributed by atoms with Gasteiger partial charge in [0.15, 0.2) is 0 Å². The van der Waals surface area contributed by atoms with E-state index in [2.05, 4.69) is 50.4 Å². The first-order chi connectivity index (χ1) is 38.9. The van der Waals surface area contributed by atoms with Gasteiger partial charge in [0, 0.05) is 12.8 Å². The van der Waals surface area contributed by atoms with E-state index in [4.69, 9.17) is 13.8 Å². The van der Waals surface area contributed by atoms with Crippen molar-refractivity contribution in [2.75, 3.05) is 40.9 Å². The molecule has 0 saturated carbocycles. The van der Waals surface area contributed by atoms with Gasteiger partial charge in [-0.05, 0) is 83.1 Å². The Balaban J connectivity index is 5.00. The molecule has 1 amide bonds. The number of ether oxygens (including phenoxy) is 1. The van der Waals surface area contributed by atoms with Gasteiger partial charge in [0.05, 0.1) is 33.8 Å². The summed E-state index contributed by atoms with van der Waals surface area (Å²) >= 11 is 0. The number of esters is 1. The maximum absolute atomic E-state index is 13.6. The van der Waals surface area contributed by atoms with Gasteiger partial charge in [-0.25, -0.2) is 4.57 Å². The van der Waals surface area contributed by atoms with E-state index in [0.29, 0.717) is 17.4 Å². The molecular weight excluding hydrogens is 1010 g/mol. The number of quaternary nitrogens is 1. The molecule has 0 aromatic heterocycles. The van der Waals surface area contributed by atoms with Crippen molar-refractivity contribution in [3.8, 4) is 0 Å². The van der Waals surface area contributed by atoms with Crippen molar-refractivity contribution >= 4 is 19.7 Å². The third-order valence-corrected chi connectivity index (χ3v) is 16.8. The topological polar surface area (TPSA) is 111 Å². The first-order valence-electron chi connectivity index (χ1n) is 34.8. The molecule has 0 fully saturated rings. The number of carbonyl (C=O) groups is 2. The van der Waals surface area contributed by atoms with E-state index in [1.54, 1.807) is 0 Å². The molecule has 0 radical (unpaired) electrons. The fourth-order valence-electron chi connectivity index (χ4n) is 10.4. The fourth-order valence-corrected chi connectivity index (χ4v) is 11.1. The summed E-state index contributed by atoms with van der Waals surface area (Å²) in [7, 11) is 1.50. The lowest BCUT2D eigenvalue weighted by Gasteiger charge is -2.27. The number of rotatable bonds is 64. The van der Waals surface area contributed by atoms with Crippen LogP contribution in [-0.4, -0.2) is 74.3 Å². The monoisotopic (exact) mass is 1150 g/mol. The molecule has 0 spiro atoms. The number of nitrogens with zero attached hydrogens (tertiary/aromatic N) is 1. The number of hydrogen-bond donors (Lipinski definition) is 2. The quantitative estimate of drug-likeness (QED) is 0.0205. The van der Waals surface area contributed by atoms with Crippen LogP contribution in [0.5, 0.6) is 0 Å². The minimum atomic E-state index is -4.45. The van der Waals surface area contributed by atoms with Crippen LogP contribution < -0.4 is 5.32 Å². The molecule has 2 N–H and O–H groups in total. The number of nitrogens with one attached hydrogen (secondary N) is 1. The molecule has 0 aromatic carbocycles. The van der Waals surface area contributed by atoms with Crippen molar-refractivity contribution in [1.29, 1.82) is 0 Å². The summed E-state index contributed by atoms with van der Waals surface area (Å²) in [4.78, 5) is 37.8. The highest BCUT2D eigenvalue weighted by Crippen LogP contribution is 2.43. The summed E-state index contributed by atoms with van der Waals surface area (Å²) in [6, 6.07) is -0.851. The predicted octanol–water partition coefficient (Wildman–Crippen LogP) is 21.8. The lowest BCUT2D eigenvalue weighted by atomic mass is 10.0. The largest absolute Gasteiger partial charge is 0.472 e. The maximum atomic E-state index is 13.6. The van der Waals surface area contributed by atoms with E-state index in [1.807, 2.05) is 33.3 Å². The summed E-state index contributed by atoms with van der Waals surface area (Å²) in [5, 5.41) is 3.07. The molecule has 9 nitrogen and oxygen atoms in total. The molecule has 0 bridgehead atoms. The zero-order valence-electron chi connectivity index (χ0n) is 54.1. The maximum Gasteiger partial charge on any atom is 0.472 e. The molecule has 0 saturated heterocycles. The zero-order chi connectivity index (χ0) is 58.6. The summed E-state index contributed by atoms with van der Waals surface area (Å²) < 4.78 is 30.8. The Bertz CT molecular complexity index is 1460. The Morgan fingerprint density at radius 2 is 0.725 bits per heavy atom. The first-order valence-corrected chi connectivity index (χ1v) is 36.3. The van der Waals surface area contributed by atoms with Gasteiger partial charge >= 0.3 is 13.8 Å². The highest BCUT2D eigenvalue weighted by molar-refractivity contribution is 7.47. The van der Waals surface area contributed by atoms with Gasteiger partial charge < -0.3 is 19.4 Å². The average Bonchev–Trinajstić information content (AvgIpc) is 3.42. The van der Waals surface area contributed by atoms with Crippen molar-refractivity contribution < 1.29 is 37.3 Å². The number of amides is 1. The number of likely N-dealkylation sites (N-methyl/N-ethyl adjacent to an activating group) is 1. The van der Waals surface area contributed by atoms with E-state index >= 15 is 0 Å². The number of allylic oxidation sites excluding steroid dienone is 5. The molecule has 0 heterocycles. The normalized spacial score (nSPS) is 13.7. The summed E-state index contributed by atoms with van der Waals surface area (Å²) in [6.45, 7) is 7.04. The molecule has 0 aliphatic carbocycles. The van der Waals surface area contributed by atoms with E-state index < -0.39 is 20.0 Å². The van der Waals surface area contributed by atoms with Crippen molar-refractivity contribution in [2.24, 2.45) is 0 Å². The fraction of sp³-hybridized carbons (Fsp3) is 0.886. The molecule has 0 rings (SSSR count).